The predicted molar refractivity (Wildman–Crippen MR) is 257 cm³/mol. The lowest BCUT2D eigenvalue weighted by molar-refractivity contribution is 0.630. The van der Waals surface area contributed by atoms with Gasteiger partial charge in [0.15, 0.2) is 0 Å². The molecule has 0 amide bonds. The van der Waals surface area contributed by atoms with Crippen LogP contribution in [0.15, 0.2) is 231 Å². The van der Waals surface area contributed by atoms with E-state index in [2.05, 4.69) is 264 Å². The third-order valence-electron chi connectivity index (χ3n) is 12.3. The molecule has 0 saturated heterocycles. The Morgan fingerprint density at radius 1 is 0.311 bits per heavy atom. The maximum Gasteiger partial charge on any atom is 0.0583 e. The molecule has 2 heterocycles. The van der Waals surface area contributed by atoms with E-state index in [-0.39, 0.29) is 5.41 Å². The van der Waals surface area contributed by atoms with E-state index in [0.717, 1.165) is 51.2 Å². The number of aromatic nitrogens is 1. The van der Waals surface area contributed by atoms with Crippen LogP contribution in [-0.4, -0.2) is 4.57 Å². The lowest BCUT2D eigenvalue weighted by Gasteiger charge is -2.36. The molecule has 11 rings (SSSR count). The van der Waals surface area contributed by atoms with E-state index in [4.69, 9.17) is 0 Å². The molecule has 61 heavy (non-hydrogen) atoms. The fourth-order valence-electron chi connectivity index (χ4n) is 9.43. The summed E-state index contributed by atoms with van der Waals surface area (Å²) in [5.41, 5.74) is 16.0. The highest BCUT2D eigenvalue weighted by molar-refractivity contribution is 6.13. The molecule has 0 N–H and O–H groups in total. The molecule has 0 fully saturated rings. The number of rotatable bonds is 9. The van der Waals surface area contributed by atoms with Crippen LogP contribution in [0.25, 0.3) is 27.5 Å². The van der Waals surface area contributed by atoms with Gasteiger partial charge in [-0.25, -0.2) is 0 Å². The maximum absolute atomic E-state index is 2.49. The molecule has 0 atom stereocenters. The molecule has 9 aromatic carbocycles. The molecular formula is C57H44N4. The molecule has 1 aromatic heterocycles. The highest BCUT2D eigenvalue weighted by atomic mass is 15.2. The Kier molecular flexibility index (Phi) is 8.79. The zero-order valence-electron chi connectivity index (χ0n) is 34.2. The van der Waals surface area contributed by atoms with E-state index in [1.165, 1.54) is 38.6 Å². The summed E-state index contributed by atoms with van der Waals surface area (Å²) in [6.45, 7) is 4.76. The summed E-state index contributed by atoms with van der Waals surface area (Å²) in [4.78, 5) is 7.06. The van der Waals surface area contributed by atoms with Crippen molar-refractivity contribution in [3.8, 4) is 5.69 Å². The second kappa shape index (κ2) is 14.8. The van der Waals surface area contributed by atoms with Crippen molar-refractivity contribution in [3.05, 3.63) is 242 Å². The smallest absolute Gasteiger partial charge is 0.0583 e. The van der Waals surface area contributed by atoms with Crippen molar-refractivity contribution in [2.75, 3.05) is 14.7 Å². The highest BCUT2D eigenvalue weighted by Gasteiger charge is 2.36. The van der Waals surface area contributed by atoms with Crippen molar-refractivity contribution in [3.63, 3.8) is 0 Å². The molecule has 0 unspecified atom stereocenters. The van der Waals surface area contributed by atoms with Gasteiger partial charge in [0.1, 0.15) is 0 Å². The van der Waals surface area contributed by atoms with Gasteiger partial charge in [-0.3, -0.25) is 0 Å². The number of para-hydroxylation sites is 6. The quantitative estimate of drug-likeness (QED) is 0.145. The molecule has 4 heteroatoms. The normalized spacial score (nSPS) is 12.6. The minimum atomic E-state index is -0.244. The average molecular weight is 785 g/mol. The van der Waals surface area contributed by atoms with Crippen LogP contribution in [0.2, 0.25) is 0 Å². The number of anilines is 9. The lowest BCUT2D eigenvalue weighted by atomic mass is 9.74. The Morgan fingerprint density at radius 2 is 0.672 bits per heavy atom. The first-order valence-corrected chi connectivity index (χ1v) is 21.0. The van der Waals surface area contributed by atoms with Gasteiger partial charge >= 0.3 is 0 Å². The van der Waals surface area contributed by atoms with E-state index in [1.807, 2.05) is 0 Å². The van der Waals surface area contributed by atoms with Gasteiger partial charge in [-0.1, -0.05) is 123 Å². The molecule has 0 saturated carbocycles. The standard InChI is InChI=1S/C57H44N4/c1-57(2)52-28-16-18-30-55(52)61-54-29-17-15-27-50(54)51-39-49(40-53(57)56(51)61)60(47-35-31-45(32-36-47)58(41-19-7-3-8-20-41)42-21-9-4-10-22-42)48-37-33-46(34-38-48)59(43-23-11-5-12-24-43)44-25-13-6-14-26-44/h3-40H,1-2H3. The summed E-state index contributed by atoms with van der Waals surface area (Å²) in [6, 6.07) is 83.1. The number of hydrogen-bond acceptors (Lipinski definition) is 3. The van der Waals surface area contributed by atoms with Gasteiger partial charge in [0.05, 0.1) is 16.7 Å². The number of fused-ring (bicyclic) bond motifs is 5. The van der Waals surface area contributed by atoms with Crippen LogP contribution in [0, 0.1) is 0 Å². The summed E-state index contributed by atoms with van der Waals surface area (Å²) in [5.74, 6) is 0. The van der Waals surface area contributed by atoms with Gasteiger partial charge in [-0.15, -0.1) is 0 Å². The minimum absolute atomic E-state index is 0.244. The van der Waals surface area contributed by atoms with Crippen molar-refractivity contribution in [1.29, 1.82) is 0 Å². The maximum atomic E-state index is 2.49. The fraction of sp³-hybridized carbons (Fsp3) is 0.0526. The first-order chi connectivity index (χ1) is 30.0. The first kappa shape index (κ1) is 36.3. The molecular weight excluding hydrogens is 741 g/mol. The third-order valence-corrected chi connectivity index (χ3v) is 12.3. The zero-order valence-corrected chi connectivity index (χ0v) is 34.2. The number of nitrogens with zero attached hydrogens (tertiary/aromatic N) is 4. The van der Waals surface area contributed by atoms with Crippen molar-refractivity contribution in [2.24, 2.45) is 0 Å². The molecule has 0 spiro atoms. The molecule has 10 aromatic rings. The highest BCUT2D eigenvalue weighted by Crippen LogP contribution is 2.51. The SMILES string of the molecule is CC1(C)c2ccccc2-n2c3ccccc3c3cc(N(c4ccc(N(c5ccccc5)c5ccccc5)cc4)c4ccc(N(c5ccccc5)c5ccccc5)cc4)cc1c32. The van der Waals surface area contributed by atoms with Crippen molar-refractivity contribution in [1.82, 2.24) is 4.57 Å². The monoisotopic (exact) mass is 784 g/mol. The van der Waals surface area contributed by atoms with Gasteiger partial charge in [0, 0.05) is 67.4 Å². The Balaban J connectivity index is 1.11. The van der Waals surface area contributed by atoms with Gasteiger partial charge in [0.2, 0.25) is 0 Å². The largest absolute Gasteiger partial charge is 0.311 e. The van der Waals surface area contributed by atoms with Gasteiger partial charge in [-0.05, 0) is 132 Å². The van der Waals surface area contributed by atoms with Crippen LogP contribution in [0.3, 0.4) is 0 Å². The summed E-state index contributed by atoms with van der Waals surface area (Å²) >= 11 is 0. The van der Waals surface area contributed by atoms with Crippen LogP contribution in [-0.2, 0) is 5.41 Å². The summed E-state index contributed by atoms with van der Waals surface area (Å²) in [5, 5.41) is 2.50. The number of benzene rings is 9. The lowest BCUT2D eigenvalue weighted by Crippen LogP contribution is -2.26. The predicted octanol–water partition coefficient (Wildman–Crippen LogP) is 15.8. The molecule has 1 aliphatic rings. The van der Waals surface area contributed by atoms with Crippen LogP contribution in [0.4, 0.5) is 51.2 Å². The second-order valence-electron chi connectivity index (χ2n) is 16.3. The molecule has 0 radical (unpaired) electrons. The van der Waals surface area contributed by atoms with Crippen molar-refractivity contribution < 1.29 is 0 Å². The van der Waals surface area contributed by atoms with Crippen LogP contribution < -0.4 is 14.7 Å². The van der Waals surface area contributed by atoms with E-state index < -0.39 is 0 Å². The molecule has 292 valence electrons. The summed E-state index contributed by atoms with van der Waals surface area (Å²) in [6.07, 6.45) is 0. The Morgan fingerprint density at radius 3 is 1.13 bits per heavy atom. The minimum Gasteiger partial charge on any atom is -0.311 e. The average Bonchev–Trinajstić information content (AvgIpc) is 3.65. The second-order valence-corrected chi connectivity index (χ2v) is 16.3. The molecule has 1 aliphatic heterocycles. The number of hydrogen-bond donors (Lipinski definition) is 0. The first-order valence-electron chi connectivity index (χ1n) is 21.0. The van der Waals surface area contributed by atoms with E-state index in [9.17, 15) is 0 Å². The van der Waals surface area contributed by atoms with Crippen LogP contribution in [0.1, 0.15) is 25.0 Å². The van der Waals surface area contributed by atoms with Gasteiger partial charge in [0.25, 0.3) is 0 Å². The molecule has 0 bridgehead atoms. The van der Waals surface area contributed by atoms with Gasteiger partial charge in [-0.2, -0.15) is 0 Å². The summed E-state index contributed by atoms with van der Waals surface area (Å²) < 4.78 is 2.49. The third kappa shape index (κ3) is 6.15. The van der Waals surface area contributed by atoms with Gasteiger partial charge < -0.3 is 19.3 Å². The van der Waals surface area contributed by atoms with Crippen molar-refractivity contribution in [2.45, 2.75) is 19.3 Å². The van der Waals surface area contributed by atoms with E-state index in [0.29, 0.717) is 0 Å². The van der Waals surface area contributed by atoms with E-state index in [1.54, 1.807) is 0 Å². The zero-order chi connectivity index (χ0) is 40.9. The van der Waals surface area contributed by atoms with Crippen molar-refractivity contribution >= 4 is 73.0 Å². The Labute approximate surface area is 357 Å². The van der Waals surface area contributed by atoms with Crippen LogP contribution >= 0.6 is 0 Å². The molecule has 4 nitrogen and oxygen atoms in total. The molecule has 0 aliphatic carbocycles. The fourth-order valence-corrected chi connectivity index (χ4v) is 9.43. The Bertz CT molecular complexity index is 2930. The topological polar surface area (TPSA) is 14.7 Å². The van der Waals surface area contributed by atoms with E-state index >= 15 is 0 Å². The summed E-state index contributed by atoms with van der Waals surface area (Å²) in [7, 11) is 0. The van der Waals surface area contributed by atoms with Crippen LogP contribution in [0.5, 0.6) is 0 Å². The Hall–Kier alpha value is -7.82.